The van der Waals surface area contributed by atoms with Crippen molar-refractivity contribution < 1.29 is 13.9 Å². The molecule has 0 fully saturated rings. The van der Waals surface area contributed by atoms with Gasteiger partial charge in [-0.1, -0.05) is 21.1 Å². The fraction of sp³-hybridized carbons (Fsp3) is 0.200. The summed E-state index contributed by atoms with van der Waals surface area (Å²) in [6.45, 7) is 0. The highest BCUT2D eigenvalue weighted by atomic mass is 79.9. The van der Waals surface area contributed by atoms with Crippen LogP contribution in [0.2, 0.25) is 0 Å². The van der Waals surface area contributed by atoms with E-state index in [1.165, 1.54) is 11.7 Å². The molecular formula is C10H7Br2F2N3O. The van der Waals surface area contributed by atoms with Crippen LogP contribution >= 0.6 is 31.9 Å². The molecule has 0 saturated carbocycles. The van der Waals surface area contributed by atoms with Crippen LogP contribution in [0.15, 0.2) is 21.2 Å². The average molecular weight is 383 g/mol. The Kier molecular flexibility index (Phi) is 3.79. The fourth-order valence-electron chi connectivity index (χ4n) is 1.58. The smallest absolute Gasteiger partial charge is 0.154 e. The molecule has 0 saturated heterocycles. The van der Waals surface area contributed by atoms with Crippen LogP contribution in [-0.4, -0.2) is 20.1 Å². The number of aliphatic hydroxyl groups excluding tert-OH is 1. The number of hydrogen-bond donors (Lipinski definition) is 1. The molecule has 0 aliphatic heterocycles. The molecule has 0 radical (unpaired) electrons. The van der Waals surface area contributed by atoms with E-state index in [1.807, 2.05) is 0 Å². The van der Waals surface area contributed by atoms with E-state index >= 15 is 0 Å². The SMILES string of the molecule is Cn1nnc(Br)c1C(O)c1c(F)cc(Br)cc1F. The summed E-state index contributed by atoms with van der Waals surface area (Å²) in [6.07, 6.45) is -1.49. The van der Waals surface area contributed by atoms with Crippen molar-refractivity contribution in [1.29, 1.82) is 0 Å². The third-order valence-corrected chi connectivity index (χ3v) is 3.43. The quantitative estimate of drug-likeness (QED) is 0.868. The normalized spacial score (nSPS) is 12.8. The highest BCUT2D eigenvalue weighted by Crippen LogP contribution is 2.31. The second-order valence-electron chi connectivity index (χ2n) is 3.57. The predicted octanol–water partition coefficient (Wildman–Crippen LogP) is 2.70. The Balaban J connectivity index is 2.56. The second-order valence-corrected chi connectivity index (χ2v) is 5.24. The summed E-state index contributed by atoms with van der Waals surface area (Å²) in [5.41, 5.74) is -0.264. The number of hydrogen-bond acceptors (Lipinski definition) is 3. The van der Waals surface area contributed by atoms with Gasteiger partial charge in [0.05, 0.1) is 5.56 Å². The maximum atomic E-state index is 13.7. The monoisotopic (exact) mass is 381 g/mol. The molecule has 4 nitrogen and oxygen atoms in total. The summed E-state index contributed by atoms with van der Waals surface area (Å²) in [6, 6.07) is 2.17. The summed E-state index contributed by atoms with van der Waals surface area (Å²) < 4.78 is 29.2. The molecule has 96 valence electrons. The second kappa shape index (κ2) is 5.02. The molecule has 2 rings (SSSR count). The van der Waals surface area contributed by atoms with Gasteiger partial charge >= 0.3 is 0 Å². The summed E-state index contributed by atoms with van der Waals surface area (Å²) in [7, 11) is 1.52. The van der Waals surface area contributed by atoms with E-state index in [-0.39, 0.29) is 14.8 Å². The third kappa shape index (κ3) is 2.32. The lowest BCUT2D eigenvalue weighted by Gasteiger charge is -2.13. The minimum atomic E-state index is -1.49. The number of rotatable bonds is 2. The number of benzene rings is 1. The summed E-state index contributed by atoms with van der Waals surface area (Å²) in [4.78, 5) is 0. The molecule has 0 bridgehead atoms. The Hall–Kier alpha value is -0.860. The van der Waals surface area contributed by atoms with Crippen LogP contribution < -0.4 is 0 Å². The van der Waals surface area contributed by atoms with Crippen LogP contribution in [0, 0.1) is 11.6 Å². The molecule has 0 spiro atoms. The molecular weight excluding hydrogens is 376 g/mol. The Labute approximate surface area is 118 Å². The molecule has 1 heterocycles. The van der Waals surface area contributed by atoms with Gasteiger partial charge in [-0.2, -0.15) is 0 Å². The molecule has 1 atom stereocenters. The highest BCUT2D eigenvalue weighted by molar-refractivity contribution is 9.10. The molecule has 1 N–H and O–H groups in total. The standard InChI is InChI=1S/C10H7Br2F2N3O/c1-17-8(10(12)15-16-17)9(18)7-5(13)2-4(11)3-6(7)14/h2-3,9,18H,1H3. The number of aliphatic hydroxyl groups is 1. The van der Waals surface area contributed by atoms with E-state index in [0.717, 1.165) is 12.1 Å². The molecule has 1 aromatic heterocycles. The first kappa shape index (κ1) is 13.6. The van der Waals surface area contributed by atoms with Crippen molar-refractivity contribution in [3.8, 4) is 0 Å². The number of aromatic nitrogens is 3. The van der Waals surface area contributed by atoms with Gasteiger partial charge < -0.3 is 5.11 Å². The van der Waals surface area contributed by atoms with Crippen molar-refractivity contribution in [3.05, 3.63) is 44.1 Å². The van der Waals surface area contributed by atoms with E-state index in [0.29, 0.717) is 0 Å². The van der Waals surface area contributed by atoms with Crippen LogP contribution in [0.5, 0.6) is 0 Å². The van der Waals surface area contributed by atoms with E-state index in [4.69, 9.17) is 0 Å². The van der Waals surface area contributed by atoms with Crippen molar-refractivity contribution in [3.63, 3.8) is 0 Å². The van der Waals surface area contributed by atoms with Gasteiger partial charge in [-0.05, 0) is 28.1 Å². The minimum Gasteiger partial charge on any atom is -0.382 e. The van der Waals surface area contributed by atoms with Gasteiger partial charge in [-0.25, -0.2) is 13.5 Å². The third-order valence-electron chi connectivity index (χ3n) is 2.40. The van der Waals surface area contributed by atoms with Crippen LogP contribution in [-0.2, 0) is 7.05 Å². The zero-order chi connectivity index (χ0) is 13.4. The van der Waals surface area contributed by atoms with Gasteiger partial charge in [0.2, 0.25) is 0 Å². The van der Waals surface area contributed by atoms with Crippen LogP contribution in [0.4, 0.5) is 8.78 Å². The molecule has 1 aromatic carbocycles. The molecule has 18 heavy (non-hydrogen) atoms. The molecule has 1 unspecified atom stereocenters. The maximum absolute atomic E-state index is 13.7. The predicted molar refractivity (Wildman–Crippen MR) is 66.8 cm³/mol. The zero-order valence-corrected chi connectivity index (χ0v) is 12.2. The van der Waals surface area contributed by atoms with E-state index in [1.54, 1.807) is 0 Å². The summed E-state index contributed by atoms with van der Waals surface area (Å²) >= 11 is 6.04. The molecule has 2 aromatic rings. The summed E-state index contributed by atoms with van der Waals surface area (Å²) in [5.74, 6) is -1.69. The first-order valence-corrected chi connectivity index (χ1v) is 6.38. The first-order valence-electron chi connectivity index (χ1n) is 4.79. The van der Waals surface area contributed by atoms with E-state index in [9.17, 15) is 13.9 Å². The number of aryl methyl sites for hydroxylation is 1. The molecule has 0 aliphatic rings. The largest absolute Gasteiger partial charge is 0.382 e. The minimum absolute atomic E-state index is 0.176. The van der Waals surface area contributed by atoms with Crippen molar-refractivity contribution in [1.82, 2.24) is 15.0 Å². The van der Waals surface area contributed by atoms with Gasteiger partial charge in [-0.15, -0.1) is 5.10 Å². The van der Waals surface area contributed by atoms with Crippen molar-refractivity contribution in [2.24, 2.45) is 7.05 Å². The highest BCUT2D eigenvalue weighted by Gasteiger charge is 2.25. The Bertz CT molecular complexity index is 560. The van der Waals surface area contributed by atoms with Crippen molar-refractivity contribution in [2.45, 2.75) is 6.10 Å². The lowest BCUT2D eigenvalue weighted by Crippen LogP contribution is -2.11. The number of halogens is 4. The van der Waals surface area contributed by atoms with Crippen LogP contribution in [0.3, 0.4) is 0 Å². The topological polar surface area (TPSA) is 50.9 Å². The lowest BCUT2D eigenvalue weighted by molar-refractivity contribution is 0.198. The van der Waals surface area contributed by atoms with Gasteiger partial charge in [0, 0.05) is 11.5 Å². The number of nitrogens with zero attached hydrogens (tertiary/aromatic N) is 3. The maximum Gasteiger partial charge on any atom is 0.154 e. The Morgan fingerprint density at radius 3 is 2.28 bits per heavy atom. The Morgan fingerprint density at radius 2 is 1.83 bits per heavy atom. The lowest BCUT2D eigenvalue weighted by atomic mass is 10.1. The van der Waals surface area contributed by atoms with Crippen LogP contribution in [0.1, 0.15) is 17.4 Å². The molecule has 8 heteroatoms. The van der Waals surface area contributed by atoms with E-state index in [2.05, 4.69) is 42.2 Å². The van der Waals surface area contributed by atoms with Gasteiger partial charge in [-0.3, -0.25) is 0 Å². The Morgan fingerprint density at radius 1 is 1.28 bits per heavy atom. The fourth-order valence-corrected chi connectivity index (χ4v) is 2.53. The first-order chi connectivity index (χ1) is 8.41. The summed E-state index contributed by atoms with van der Waals surface area (Å²) in [5, 5.41) is 17.4. The average Bonchev–Trinajstić information content (AvgIpc) is 2.56. The van der Waals surface area contributed by atoms with E-state index < -0.39 is 23.3 Å². The van der Waals surface area contributed by atoms with Gasteiger partial charge in [0.15, 0.2) is 4.60 Å². The zero-order valence-electron chi connectivity index (χ0n) is 9.03. The van der Waals surface area contributed by atoms with Crippen molar-refractivity contribution in [2.75, 3.05) is 0 Å². The molecule has 0 amide bonds. The van der Waals surface area contributed by atoms with Crippen molar-refractivity contribution >= 4 is 31.9 Å². The van der Waals surface area contributed by atoms with Gasteiger partial charge in [0.25, 0.3) is 0 Å². The molecule has 0 aliphatic carbocycles. The van der Waals surface area contributed by atoms with Crippen LogP contribution in [0.25, 0.3) is 0 Å². The van der Waals surface area contributed by atoms with Gasteiger partial charge in [0.1, 0.15) is 23.4 Å².